The summed E-state index contributed by atoms with van der Waals surface area (Å²) >= 11 is 2.69. The van der Waals surface area contributed by atoms with Gasteiger partial charge < -0.3 is 79.3 Å². The van der Waals surface area contributed by atoms with Crippen LogP contribution in [0.3, 0.4) is 0 Å². The average molecular weight is 1280 g/mol. The van der Waals surface area contributed by atoms with Crippen LogP contribution in [0.4, 0.5) is 0 Å². The van der Waals surface area contributed by atoms with Crippen molar-refractivity contribution in [1.29, 1.82) is 0 Å². The number of hydrogen-bond donors (Lipinski definition) is 12. The molecule has 15 N–H and O–H groups in total. The standard InChI is InChI=1S/C61H94N14O12S2/c1-3-4-6-15-52(78)67-47-37-88-35-42-28-41(34-72-24-26-73(27-25-72)58(83)44(32-65-20-18-62)33-66-21-19-63)29-43(30-42)36-89-38-48(61(86)87)70-55(80)46(31-40-11-7-5-8-12-40)69-54(79)45(16-17-51(64)77)68-57(82)53(39(2)76)71-56(81)49-13-9-22-74(49)60(85)50-14-10-23-75(50)59(47)84/h5,7-8,11-12,28-30,39,44-50,53,65-66,76H,3-4,6,9-10,13-27,31-38,62-63H2,1-2H3,(H2,64,77)(H,67,78)(H,68,82)(H,69,79)(H,70,80)(H,71,81)(H,86,87)/t39-,45+,46?,47+,48+,49+,50+,53+/m1/s1. The van der Waals surface area contributed by atoms with Crippen molar-refractivity contribution in [3.05, 3.63) is 70.8 Å². The number of aliphatic hydroxyl groups is 1. The molecule has 3 saturated heterocycles. The summed E-state index contributed by atoms with van der Waals surface area (Å²) in [5, 5.41) is 41.4. The van der Waals surface area contributed by atoms with Gasteiger partial charge in [0, 0.05) is 127 Å². The van der Waals surface area contributed by atoms with E-state index in [0.29, 0.717) is 115 Å². The lowest BCUT2D eigenvalue weighted by molar-refractivity contribution is -0.148. The van der Waals surface area contributed by atoms with E-state index in [1.165, 1.54) is 40.2 Å². The van der Waals surface area contributed by atoms with Gasteiger partial charge in [-0.25, -0.2) is 4.79 Å². The first kappa shape index (κ1) is 71.7. The molecule has 0 saturated carbocycles. The number of aliphatic hydroxyl groups excluding tert-OH is 1. The summed E-state index contributed by atoms with van der Waals surface area (Å²) in [4.78, 5) is 146. The highest BCUT2D eigenvalue weighted by Gasteiger charge is 2.45. The Morgan fingerprint density at radius 2 is 1.30 bits per heavy atom. The van der Waals surface area contributed by atoms with Gasteiger partial charge in [-0.05, 0) is 67.7 Å². The number of amides is 9. The molecule has 1 unspecified atom stereocenters. The van der Waals surface area contributed by atoms with Gasteiger partial charge in [-0.1, -0.05) is 68.3 Å². The fourth-order valence-electron chi connectivity index (χ4n) is 11.5. The van der Waals surface area contributed by atoms with Crippen LogP contribution in [-0.2, 0) is 72.4 Å². The van der Waals surface area contributed by atoms with Crippen LogP contribution >= 0.6 is 23.5 Å². The number of benzene rings is 2. The Morgan fingerprint density at radius 3 is 1.91 bits per heavy atom. The number of piperazine rings is 1. The maximum Gasteiger partial charge on any atom is 0.327 e. The summed E-state index contributed by atoms with van der Waals surface area (Å²) in [7, 11) is 0. The summed E-state index contributed by atoms with van der Waals surface area (Å²) in [5.74, 6) is -6.50. The zero-order chi connectivity index (χ0) is 64.4. The summed E-state index contributed by atoms with van der Waals surface area (Å²) in [6, 6.07) is 5.54. The van der Waals surface area contributed by atoms with Crippen molar-refractivity contribution in [2.75, 3.05) is 90.0 Å². The molecule has 4 heterocycles. The molecule has 6 rings (SSSR count). The zero-order valence-electron chi connectivity index (χ0n) is 51.4. The van der Waals surface area contributed by atoms with E-state index >= 15 is 0 Å². The van der Waals surface area contributed by atoms with Crippen LogP contribution in [0, 0.1) is 5.92 Å². The van der Waals surface area contributed by atoms with Crippen LogP contribution in [-0.4, -0.2) is 227 Å². The number of carbonyl (C=O) groups excluding carboxylic acids is 9. The first-order valence-electron chi connectivity index (χ1n) is 31.2. The van der Waals surface area contributed by atoms with Gasteiger partial charge in [-0.3, -0.25) is 48.1 Å². The van der Waals surface area contributed by atoms with Crippen LogP contribution in [0.5, 0.6) is 0 Å². The Hall–Kier alpha value is -6.40. The molecule has 4 aliphatic heterocycles. The maximum atomic E-state index is 14.9. The highest BCUT2D eigenvalue weighted by molar-refractivity contribution is 7.98. The van der Waals surface area contributed by atoms with Crippen LogP contribution in [0.1, 0.15) is 100 Å². The number of rotatable bonds is 23. The van der Waals surface area contributed by atoms with E-state index in [1.54, 1.807) is 30.3 Å². The molecule has 2 aromatic rings. The zero-order valence-corrected chi connectivity index (χ0v) is 53.1. The summed E-state index contributed by atoms with van der Waals surface area (Å²) in [5.41, 5.74) is 20.2. The minimum Gasteiger partial charge on any atom is -0.480 e. The number of hydrogen-bond acceptors (Lipinski definition) is 18. The molecule has 26 nitrogen and oxygen atoms in total. The third-order valence-electron chi connectivity index (χ3n) is 16.3. The number of carbonyl (C=O) groups is 10. The van der Waals surface area contributed by atoms with Gasteiger partial charge in [0.2, 0.25) is 53.2 Å². The van der Waals surface area contributed by atoms with E-state index in [-0.39, 0.29) is 68.0 Å². The normalized spacial score (nSPS) is 23.7. The van der Waals surface area contributed by atoms with Gasteiger partial charge in [0.25, 0.3) is 0 Å². The number of fused-ring (bicyclic) bond motifs is 4. The van der Waals surface area contributed by atoms with Crippen molar-refractivity contribution in [3.63, 3.8) is 0 Å². The van der Waals surface area contributed by atoms with Gasteiger partial charge >= 0.3 is 5.97 Å². The first-order valence-corrected chi connectivity index (χ1v) is 33.6. The van der Waals surface area contributed by atoms with Crippen molar-refractivity contribution < 1.29 is 58.2 Å². The third-order valence-corrected chi connectivity index (χ3v) is 18.5. The fourth-order valence-corrected chi connectivity index (χ4v) is 13.5. The summed E-state index contributed by atoms with van der Waals surface area (Å²) in [6.45, 7) is 9.39. The van der Waals surface area contributed by atoms with Gasteiger partial charge in [0.1, 0.15) is 42.3 Å². The molecule has 9 amide bonds. The van der Waals surface area contributed by atoms with E-state index in [2.05, 4.69) is 48.2 Å². The lowest BCUT2D eigenvalue weighted by Gasteiger charge is -2.36. The van der Waals surface area contributed by atoms with Crippen LogP contribution in [0.2, 0.25) is 0 Å². The highest BCUT2D eigenvalue weighted by Crippen LogP contribution is 2.28. The Balaban J connectivity index is 1.32. The second kappa shape index (κ2) is 37.1. The smallest absolute Gasteiger partial charge is 0.327 e. The second-order valence-corrected chi connectivity index (χ2v) is 25.4. The molecule has 0 spiro atoms. The van der Waals surface area contributed by atoms with Gasteiger partial charge in [0.05, 0.1) is 12.0 Å². The van der Waals surface area contributed by atoms with Crippen molar-refractivity contribution in [1.82, 2.24) is 56.8 Å². The summed E-state index contributed by atoms with van der Waals surface area (Å²) in [6.07, 6.45) is 1.46. The monoisotopic (exact) mass is 1280 g/mol. The van der Waals surface area contributed by atoms with E-state index in [4.69, 9.17) is 17.2 Å². The molecule has 2 aromatic carbocycles. The molecule has 2 bridgehead atoms. The Labute approximate surface area is 530 Å². The number of nitrogens with two attached hydrogens (primary N) is 3. The molecule has 0 aromatic heterocycles. The predicted molar refractivity (Wildman–Crippen MR) is 339 cm³/mol. The Bertz CT molecular complexity index is 2700. The van der Waals surface area contributed by atoms with E-state index in [0.717, 1.165) is 29.5 Å². The number of aliphatic carboxylic acids is 1. The number of thioether (sulfide) groups is 2. The lowest BCUT2D eigenvalue weighted by atomic mass is 10.0. The number of nitrogens with one attached hydrogen (secondary N) is 7. The Morgan fingerprint density at radius 1 is 0.697 bits per heavy atom. The van der Waals surface area contributed by atoms with Gasteiger partial charge in [-0.2, -0.15) is 23.5 Å². The first-order chi connectivity index (χ1) is 42.8. The molecule has 492 valence electrons. The Kier molecular flexibility index (Phi) is 29.8. The van der Waals surface area contributed by atoms with E-state index in [1.807, 2.05) is 24.0 Å². The lowest BCUT2D eigenvalue weighted by Crippen LogP contribution is -2.61. The highest BCUT2D eigenvalue weighted by atomic mass is 32.2. The minimum absolute atomic E-state index is 0.0400. The quantitative estimate of drug-likeness (QED) is 0.0563. The molecular formula is C61H94N14O12S2. The number of carboxylic acids is 1. The average Bonchev–Trinajstić information content (AvgIpc) is 2.85. The molecule has 3 fully saturated rings. The summed E-state index contributed by atoms with van der Waals surface area (Å²) < 4.78 is 0. The minimum atomic E-state index is -1.69. The van der Waals surface area contributed by atoms with Gasteiger partial charge in [0.15, 0.2) is 0 Å². The molecule has 0 aliphatic carbocycles. The number of primary amides is 1. The van der Waals surface area contributed by atoms with Crippen molar-refractivity contribution in [3.8, 4) is 0 Å². The second-order valence-electron chi connectivity index (χ2n) is 23.4. The van der Waals surface area contributed by atoms with E-state index in [9.17, 15) is 58.2 Å². The predicted octanol–water partition coefficient (Wildman–Crippen LogP) is -1.52. The fraction of sp³-hybridized carbons (Fsp3) is 0.639. The number of unbranched alkanes of at least 4 members (excludes halogenated alkanes) is 2. The molecule has 0 radical (unpaired) electrons. The SMILES string of the molecule is CCCCCC(=O)N[C@H]1CSCc2cc(cc(CN3CCN(C(=O)C(CNCCN)CNCCN)CC3)c2)CSC[C@@H](C(=O)O)NC(=O)C(Cc2ccccc2)NC(=O)[C@H](CCC(N)=O)NC(=O)[C@H]([C@@H](C)O)NC(=O)[C@@H]2CCCN2C(=O)[C@@H]2CCCN2C1=O. The molecule has 4 aliphatic rings. The van der Waals surface area contributed by atoms with Crippen molar-refractivity contribution in [2.45, 2.75) is 151 Å². The van der Waals surface area contributed by atoms with Crippen LogP contribution < -0.4 is 54.4 Å². The molecule has 8 atom stereocenters. The number of nitrogens with zero attached hydrogens (tertiary/aromatic N) is 4. The molecular weight excluding hydrogens is 1180 g/mol. The third kappa shape index (κ3) is 22.5. The largest absolute Gasteiger partial charge is 0.480 e. The maximum absolute atomic E-state index is 14.9. The van der Waals surface area contributed by atoms with Crippen molar-refractivity contribution in [2.24, 2.45) is 23.1 Å². The van der Waals surface area contributed by atoms with Crippen LogP contribution in [0.25, 0.3) is 0 Å². The topological polar surface area (TPSA) is 386 Å². The van der Waals surface area contributed by atoms with E-state index < -0.39 is 102 Å². The molecule has 89 heavy (non-hydrogen) atoms. The molecule has 28 heteroatoms. The van der Waals surface area contributed by atoms with Crippen molar-refractivity contribution >= 4 is 82.7 Å². The number of carboxylic acid groups (broad SMARTS) is 1. The van der Waals surface area contributed by atoms with Crippen LogP contribution in [0.15, 0.2) is 48.5 Å². The van der Waals surface area contributed by atoms with Gasteiger partial charge in [-0.15, -0.1) is 0 Å².